The van der Waals surface area contributed by atoms with Crippen LogP contribution in [-0.4, -0.2) is 51.4 Å². The molecule has 0 unspecified atom stereocenters. The Bertz CT molecular complexity index is 976. The second-order valence-electron chi connectivity index (χ2n) is 7.11. The van der Waals surface area contributed by atoms with Crippen molar-refractivity contribution in [1.82, 2.24) is 19.4 Å². The van der Waals surface area contributed by atoms with E-state index in [1.54, 1.807) is 18.3 Å². The van der Waals surface area contributed by atoms with Gasteiger partial charge in [-0.25, -0.2) is 9.37 Å². The van der Waals surface area contributed by atoms with E-state index in [2.05, 4.69) is 9.88 Å². The number of aromatic nitrogens is 2. The molecule has 0 spiro atoms. The number of hydrogen-bond acceptors (Lipinski definition) is 3. The third-order valence-electron chi connectivity index (χ3n) is 5.17. The lowest BCUT2D eigenvalue weighted by molar-refractivity contribution is 0.0629. The molecule has 0 aliphatic carbocycles. The highest BCUT2D eigenvalue weighted by atomic mass is 19.1. The van der Waals surface area contributed by atoms with Crippen LogP contribution in [0.5, 0.6) is 0 Å². The number of imidazole rings is 1. The lowest BCUT2D eigenvalue weighted by Gasteiger charge is -2.35. The van der Waals surface area contributed by atoms with Crippen LogP contribution in [0.3, 0.4) is 0 Å². The van der Waals surface area contributed by atoms with E-state index in [-0.39, 0.29) is 11.7 Å². The summed E-state index contributed by atoms with van der Waals surface area (Å²) in [6, 6.07) is 14.3. The molecule has 5 nitrogen and oxygen atoms in total. The van der Waals surface area contributed by atoms with E-state index in [0.29, 0.717) is 25.2 Å². The molecule has 2 heterocycles. The molecule has 0 N–H and O–H groups in total. The summed E-state index contributed by atoms with van der Waals surface area (Å²) in [6.45, 7) is 3.55. The van der Waals surface area contributed by atoms with Gasteiger partial charge in [-0.15, -0.1) is 0 Å². The van der Waals surface area contributed by atoms with Gasteiger partial charge in [0, 0.05) is 57.7 Å². The van der Waals surface area contributed by atoms with E-state index in [1.165, 1.54) is 6.07 Å². The zero-order valence-corrected chi connectivity index (χ0v) is 15.9. The van der Waals surface area contributed by atoms with Crippen molar-refractivity contribution in [1.29, 1.82) is 0 Å². The fraction of sp³-hybridized carbons (Fsp3) is 0.273. The van der Waals surface area contributed by atoms with Crippen LogP contribution in [0.25, 0.3) is 11.4 Å². The summed E-state index contributed by atoms with van der Waals surface area (Å²) in [5.74, 6) is 0.606. The first kappa shape index (κ1) is 18.4. The van der Waals surface area contributed by atoms with Gasteiger partial charge < -0.3 is 9.47 Å². The maximum Gasteiger partial charge on any atom is 0.254 e. The Morgan fingerprint density at radius 1 is 1.07 bits per heavy atom. The predicted molar refractivity (Wildman–Crippen MR) is 106 cm³/mol. The summed E-state index contributed by atoms with van der Waals surface area (Å²) in [5, 5.41) is 0. The molecule has 1 aliphatic heterocycles. The first-order valence-corrected chi connectivity index (χ1v) is 9.44. The van der Waals surface area contributed by atoms with Gasteiger partial charge >= 0.3 is 0 Å². The van der Waals surface area contributed by atoms with Crippen molar-refractivity contribution < 1.29 is 9.18 Å². The van der Waals surface area contributed by atoms with Crippen LogP contribution >= 0.6 is 0 Å². The van der Waals surface area contributed by atoms with Crippen molar-refractivity contribution in [3.8, 4) is 11.4 Å². The molecule has 0 radical (unpaired) electrons. The number of nitrogens with zero attached hydrogens (tertiary/aromatic N) is 4. The molecular formula is C22H23FN4O. The first-order chi connectivity index (χ1) is 13.6. The van der Waals surface area contributed by atoms with Crippen molar-refractivity contribution in [2.75, 3.05) is 26.2 Å². The Hall–Kier alpha value is -2.99. The molecule has 0 bridgehead atoms. The number of aryl methyl sites for hydroxylation is 1. The Kier molecular flexibility index (Phi) is 5.21. The largest absolute Gasteiger partial charge is 0.336 e. The number of rotatable bonds is 4. The van der Waals surface area contributed by atoms with Crippen LogP contribution in [0.15, 0.2) is 60.9 Å². The molecule has 3 aromatic rings. The summed E-state index contributed by atoms with van der Waals surface area (Å²) in [6.07, 6.45) is 3.61. The third kappa shape index (κ3) is 3.82. The summed E-state index contributed by atoms with van der Waals surface area (Å²) in [7, 11) is 1.93. The second kappa shape index (κ2) is 7.94. The minimum Gasteiger partial charge on any atom is -0.336 e. The molecular weight excluding hydrogens is 355 g/mol. The third-order valence-corrected chi connectivity index (χ3v) is 5.17. The molecule has 0 saturated carbocycles. The molecule has 0 atom stereocenters. The fourth-order valence-corrected chi connectivity index (χ4v) is 3.66. The summed E-state index contributed by atoms with van der Waals surface area (Å²) < 4.78 is 15.3. The Labute approximate surface area is 164 Å². The van der Waals surface area contributed by atoms with Gasteiger partial charge in [0.1, 0.15) is 11.6 Å². The van der Waals surface area contributed by atoms with Crippen molar-refractivity contribution in [2.45, 2.75) is 6.54 Å². The number of carbonyl (C=O) groups excluding carboxylic acids is 1. The van der Waals surface area contributed by atoms with Crippen LogP contribution in [-0.2, 0) is 13.6 Å². The van der Waals surface area contributed by atoms with Gasteiger partial charge in [0.2, 0.25) is 0 Å². The van der Waals surface area contributed by atoms with E-state index in [4.69, 9.17) is 0 Å². The average Bonchev–Trinajstić information content (AvgIpc) is 3.14. The molecule has 1 saturated heterocycles. The Morgan fingerprint density at radius 2 is 1.86 bits per heavy atom. The Morgan fingerprint density at radius 3 is 2.57 bits per heavy atom. The van der Waals surface area contributed by atoms with Gasteiger partial charge in [0.05, 0.1) is 5.56 Å². The molecule has 28 heavy (non-hydrogen) atoms. The number of hydrogen-bond donors (Lipinski definition) is 0. The molecule has 1 aromatic heterocycles. The van der Waals surface area contributed by atoms with Crippen LogP contribution in [0.1, 0.15) is 15.9 Å². The molecule has 4 rings (SSSR count). The molecule has 1 aliphatic rings. The number of piperazine rings is 1. The van der Waals surface area contributed by atoms with Gasteiger partial charge in [-0.2, -0.15) is 0 Å². The fourth-order valence-electron chi connectivity index (χ4n) is 3.66. The quantitative estimate of drug-likeness (QED) is 0.700. The maximum absolute atomic E-state index is 13.4. The average molecular weight is 378 g/mol. The standard InChI is InChI=1S/C22H23FN4O/c1-25-10-9-24-21(25)19-7-2-3-8-20(19)22(28)27-13-11-26(12-14-27)16-17-5-4-6-18(23)15-17/h2-10,15H,11-14,16H2,1H3. The number of carbonyl (C=O) groups is 1. The van der Waals surface area contributed by atoms with E-state index < -0.39 is 0 Å². The van der Waals surface area contributed by atoms with Crippen LogP contribution in [0, 0.1) is 5.82 Å². The number of amides is 1. The number of benzene rings is 2. The lowest BCUT2D eigenvalue weighted by atomic mass is 10.0. The molecule has 2 aromatic carbocycles. The first-order valence-electron chi connectivity index (χ1n) is 9.44. The van der Waals surface area contributed by atoms with Gasteiger partial charge in [-0.1, -0.05) is 30.3 Å². The monoisotopic (exact) mass is 378 g/mol. The van der Waals surface area contributed by atoms with Gasteiger partial charge in [-0.3, -0.25) is 9.69 Å². The normalized spacial score (nSPS) is 15.0. The van der Waals surface area contributed by atoms with Crippen LogP contribution in [0.2, 0.25) is 0 Å². The zero-order valence-electron chi connectivity index (χ0n) is 15.9. The summed E-state index contributed by atoms with van der Waals surface area (Å²) in [4.78, 5) is 21.7. The zero-order chi connectivity index (χ0) is 19.5. The second-order valence-corrected chi connectivity index (χ2v) is 7.11. The van der Waals surface area contributed by atoms with Crippen LogP contribution in [0.4, 0.5) is 4.39 Å². The highest BCUT2D eigenvalue weighted by molar-refractivity contribution is 6.00. The molecule has 6 heteroatoms. The summed E-state index contributed by atoms with van der Waals surface area (Å²) >= 11 is 0. The maximum atomic E-state index is 13.4. The minimum absolute atomic E-state index is 0.0315. The van der Waals surface area contributed by atoms with Gasteiger partial charge in [0.15, 0.2) is 0 Å². The van der Waals surface area contributed by atoms with E-state index in [9.17, 15) is 9.18 Å². The molecule has 144 valence electrons. The van der Waals surface area contributed by atoms with Crippen molar-refractivity contribution >= 4 is 5.91 Å². The lowest BCUT2D eigenvalue weighted by Crippen LogP contribution is -2.48. The SMILES string of the molecule is Cn1ccnc1-c1ccccc1C(=O)N1CCN(Cc2cccc(F)c2)CC1. The minimum atomic E-state index is -0.211. The topological polar surface area (TPSA) is 41.4 Å². The van der Waals surface area contributed by atoms with Gasteiger partial charge in [0.25, 0.3) is 5.91 Å². The highest BCUT2D eigenvalue weighted by Gasteiger charge is 2.24. The van der Waals surface area contributed by atoms with Crippen molar-refractivity contribution in [3.63, 3.8) is 0 Å². The van der Waals surface area contributed by atoms with E-state index >= 15 is 0 Å². The molecule has 1 fully saturated rings. The molecule has 1 amide bonds. The summed E-state index contributed by atoms with van der Waals surface area (Å²) in [5.41, 5.74) is 2.48. The number of halogens is 1. The van der Waals surface area contributed by atoms with Gasteiger partial charge in [-0.05, 0) is 23.8 Å². The van der Waals surface area contributed by atoms with Crippen molar-refractivity contribution in [3.05, 3.63) is 77.9 Å². The predicted octanol–water partition coefficient (Wildman–Crippen LogP) is 3.18. The van der Waals surface area contributed by atoms with E-state index in [0.717, 1.165) is 30.0 Å². The van der Waals surface area contributed by atoms with Crippen LogP contribution < -0.4 is 0 Å². The Balaban J connectivity index is 1.44. The smallest absolute Gasteiger partial charge is 0.254 e. The van der Waals surface area contributed by atoms with Crippen molar-refractivity contribution in [2.24, 2.45) is 7.05 Å². The highest BCUT2D eigenvalue weighted by Crippen LogP contribution is 2.23. The van der Waals surface area contributed by atoms with E-state index in [1.807, 2.05) is 53.0 Å².